The van der Waals surface area contributed by atoms with Crippen LogP contribution in [0.15, 0.2) is 30.3 Å². The van der Waals surface area contributed by atoms with E-state index in [9.17, 15) is 4.79 Å². The first-order chi connectivity index (χ1) is 9.72. The first kappa shape index (κ1) is 15.0. The quantitative estimate of drug-likeness (QED) is 0.823. The Morgan fingerprint density at radius 2 is 2.15 bits per heavy atom. The second kappa shape index (κ2) is 7.41. The highest BCUT2D eigenvalue weighted by atomic mass is 16.3. The van der Waals surface area contributed by atoms with E-state index in [2.05, 4.69) is 0 Å². The van der Waals surface area contributed by atoms with Crippen LogP contribution in [0.1, 0.15) is 31.2 Å². The van der Waals surface area contributed by atoms with E-state index in [0.717, 1.165) is 37.8 Å². The molecule has 0 aromatic heterocycles. The van der Waals surface area contributed by atoms with Gasteiger partial charge in [-0.05, 0) is 37.7 Å². The Morgan fingerprint density at radius 3 is 2.85 bits per heavy atom. The molecule has 2 rings (SSSR count). The Bertz CT molecular complexity index is 422. The van der Waals surface area contributed by atoms with Crippen molar-refractivity contribution in [1.82, 2.24) is 4.90 Å². The van der Waals surface area contributed by atoms with Crippen molar-refractivity contribution in [3.63, 3.8) is 0 Å². The van der Waals surface area contributed by atoms with Crippen LogP contribution in [0, 0.1) is 0 Å². The summed E-state index contributed by atoms with van der Waals surface area (Å²) in [6, 6.07) is 9.69. The lowest BCUT2D eigenvalue weighted by Gasteiger charge is -2.27. The van der Waals surface area contributed by atoms with E-state index < -0.39 is 6.04 Å². The van der Waals surface area contributed by atoms with Gasteiger partial charge in [0.15, 0.2) is 0 Å². The van der Waals surface area contributed by atoms with Crippen LogP contribution in [-0.4, -0.2) is 41.1 Å². The summed E-state index contributed by atoms with van der Waals surface area (Å²) in [5.74, 6) is 0.0503. The minimum absolute atomic E-state index is 0.0503. The second-order valence-electron chi connectivity index (χ2n) is 5.49. The van der Waals surface area contributed by atoms with E-state index in [-0.39, 0.29) is 18.6 Å². The maximum Gasteiger partial charge on any atom is 0.240 e. The Hall–Kier alpha value is -1.39. The summed E-state index contributed by atoms with van der Waals surface area (Å²) in [7, 11) is 0. The number of nitrogens with zero attached hydrogens (tertiary/aromatic N) is 1. The van der Waals surface area contributed by atoms with E-state index in [1.165, 1.54) is 0 Å². The van der Waals surface area contributed by atoms with Gasteiger partial charge in [-0.1, -0.05) is 30.3 Å². The van der Waals surface area contributed by atoms with Crippen molar-refractivity contribution < 1.29 is 9.90 Å². The number of aliphatic hydroxyl groups excluding tert-OH is 1. The van der Waals surface area contributed by atoms with Gasteiger partial charge in [-0.15, -0.1) is 0 Å². The lowest BCUT2D eigenvalue weighted by atomic mass is 10.0. The van der Waals surface area contributed by atoms with Crippen molar-refractivity contribution in [1.29, 1.82) is 0 Å². The third-order valence-corrected chi connectivity index (χ3v) is 3.97. The lowest BCUT2D eigenvalue weighted by molar-refractivity contribution is -0.133. The predicted molar refractivity (Wildman–Crippen MR) is 79.2 cm³/mol. The fourth-order valence-corrected chi connectivity index (χ4v) is 2.92. The fraction of sp³-hybridized carbons (Fsp3) is 0.562. The monoisotopic (exact) mass is 276 g/mol. The smallest absolute Gasteiger partial charge is 0.240 e. The van der Waals surface area contributed by atoms with Gasteiger partial charge in [-0.25, -0.2) is 0 Å². The zero-order chi connectivity index (χ0) is 14.4. The SMILES string of the molecule is N[C@@H](Cc1ccccc1)C(=O)N1CCCC1CCCO. The van der Waals surface area contributed by atoms with Gasteiger partial charge < -0.3 is 15.7 Å². The fourth-order valence-electron chi connectivity index (χ4n) is 2.92. The molecule has 1 aliphatic heterocycles. The number of hydrogen-bond donors (Lipinski definition) is 2. The molecule has 4 nitrogen and oxygen atoms in total. The van der Waals surface area contributed by atoms with E-state index in [1.807, 2.05) is 35.2 Å². The average Bonchev–Trinajstić information content (AvgIpc) is 2.93. The van der Waals surface area contributed by atoms with Gasteiger partial charge in [-0.3, -0.25) is 4.79 Å². The Balaban J connectivity index is 1.92. The van der Waals surface area contributed by atoms with Gasteiger partial charge in [0.1, 0.15) is 0 Å². The van der Waals surface area contributed by atoms with E-state index >= 15 is 0 Å². The van der Waals surface area contributed by atoms with Crippen LogP contribution < -0.4 is 5.73 Å². The van der Waals surface area contributed by atoms with Crippen LogP contribution in [0.4, 0.5) is 0 Å². The van der Waals surface area contributed by atoms with Crippen molar-refractivity contribution in [2.24, 2.45) is 5.73 Å². The molecule has 0 saturated carbocycles. The maximum atomic E-state index is 12.5. The van der Waals surface area contributed by atoms with Crippen LogP contribution in [-0.2, 0) is 11.2 Å². The third kappa shape index (κ3) is 3.81. The molecule has 0 aliphatic carbocycles. The minimum Gasteiger partial charge on any atom is -0.396 e. The molecule has 1 heterocycles. The maximum absolute atomic E-state index is 12.5. The molecule has 0 spiro atoms. The molecule has 2 atom stereocenters. The summed E-state index contributed by atoms with van der Waals surface area (Å²) < 4.78 is 0. The molecule has 20 heavy (non-hydrogen) atoms. The Morgan fingerprint density at radius 1 is 1.40 bits per heavy atom. The number of likely N-dealkylation sites (tertiary alicyclic amines) is 1. The van der Waals surface area contributed by atoms with Gasteiger partial charge in [0, 0.05) is 19.2 Å². The van der Waals surface area contributed by atoms with E-state index in [0.29, 0.717) is 6.42 Å². The first-order valence-corrected chi connectivity index (χ1v) is 7.43. The van der Waals surface area contributed by atoms with Crippen LogP contribution in [0.3, 0.4) is 0 Å². The minimum atomic E-state index is -0.466. The third-order valence-electron chi connectivity index (χ3n) is 3.97. The van der Waals surface area contributed by atoms with Crippen molar-refractivity contribution in [3.8, 4) is 0 Å². The zero-order valence-electron chi connectivity index (χ0n) is 11.9. The zero-order valence-corrected chi connectivity index (χ0v) is 11.9. The molecule has 1 amide bonds. The number of benzene rings is 1. The number of amides is 1. The summed E-state index contributed by atoms with van der Waals surface area (Å²) in [6.07, 6.45) is 4.29. The predicted octanol–water partition coefficient (Wildman–Crippen LogP) is 1.32. The standard InChI is InChI=1S/C16H24N2O2/c17-15(12-13-6-2-1-3-7-13)16(20)18-10-4-8-14(18)9-5-11-19/h1-3,6-7,14-15,19H,4-5,8-12,17H2/t14?,15-/m0/s1. The molecule has 3 N–H and O–H groups in total. The van der Waals surface area contributed by atoms with E-state index in [4.69, 9.17) is 10.8 Å². The number of aliphatic hydroxyl groups is 1. The van der Waals surface area contributed by atoms with Crippen molar-refractivity contribution in [2.75, 3.05) is 13.2 Å². The van der Waals surface area contributed by atoms with Crippen LogP contribution in [0.5, 0.6) is 0 Å². The van der Waals surface area contributed by atoms with Crippen molar-refractivity contribution in [2.45, 2.75) is 44.2 Å². The molecule has 0 radical (unpaired) electrons. The molecular formula is C16H24N2O2. The first-order valence-electron chi connectivity index (χ1n) is 7.43. The lowest BCUT2D eigenvalue weighted by Crippen LogP contribution is -2.47. The molecule has 1 saturated heterocycles. The van der Waals surface area contributed by atoms with Gasteiger partial charge in [0.05, 0.1) is 6.04 Å². The Labute approximate surface area is 120 Å². The number of nitrogens with two attached hydrogens (primary N) is 1. The average molecular weight is 276 g/mol. The van der Waals surface area contributed by atoms with Crippen LogP contribution >= 0.6 is 0 Å². The number of hydrogen-bond acceptors (Lipinski definition) is 3. The molecule has 1 aliphatic rings. The molecule has 1 aromatic carbocycles. The summed E-state index contributed by atoms with van der Waals surface area (Å²) in [6.45, 7) is 0.992. The summed E-state index contributed by atoms with van der Waals surface area (Å²) >= 11 is 0. The highest BCUT2D eigenvalue weighted by molar-refractivity contribution is 5.82. The van der Waals surface area contributed by atoms with E-state index in [1.54, 1.807) is 0 Å². The van der Waals surface area contributed by atoms with Gasteiger partial charge in [-0.2, -0.15) is 0 Å². The summed E-state index contributed by atoms with van der Waals surface area (Å²) in [5.41, 5.74) is 7.18. The molecule has 1 unspecified atom stereocenters. The number of carbonyl (C=O) groups excluding carboxylic acids is 1. The van der Waals surface area contributed by atoms with Crippen molar-refractivity contribution in [3.05, 3.63) is 35.9 Å². The van der Waals surface area contributed by atoms with Gasteiger partial charge in [0.2, 0.25) is 5.91 Å². The molecular weight excluding hydrogens is 252 g/mol. The number of rotatable bonds is 6. The molecule has 1 fully saturated rings. The highest BCUT2D eigenvalue weighted by Gasteiger charge is 2.31. The van der Waals surface area contributed by atoms with Crippen LogP contribution in [0.25, 0.3) is 0 Å². The highest BCUT2D eigenvalue weighted by Crippen LogP contribution is 2.22. The van der Waals surface area contributed by atoms with Crippen LogP contribution in [0.2, 0.25) is 0 Å². The van der Waals surface area contributed by atoms with Crippen molar-refractivity contribution >= 4 is 5.91 Å². The molecule has 110 valence electrons. The van der Waals surface area contributed by atoms with Gasteiger partial charge >= 0.3 is 0 Å². The van der Waals surface area contributed by atoms with Gasteiger partial charge in [0.25, 0.3) is 0 Å². The normalized spacial score (nSPS) is 20.1. The number of carbonyl (C=O) groups is 1. The largest absolute Gasteiger partial charge is 0.396 e. The summed E-state index contributed by atoms with van der Waals surface area (Å²) in [4.78, 5) is 14.4. The molecule has 0 bridgehead atoms. The molecule has 4 heteroatoms. The topological polar surface area (TPSA) is 66.6 Å². The summed E-state index contributed by atoms with van der Waals surface area (Å²) in [5, 5.41) is 8.93. The Kier molecular flexibility index (Phi) is 5.56. The second-order valence-corrected chi connectivity index (χ2v) is 5.49. The molecule has 1 aromatic rings.